The average molecular weight is 436 g/mol. The first-order valence-corrected chi connectivity index (χ1v) is 11.0. The molecule has 2 aliphatic heterocycles. The van der Waals surface area contributed by atoms with E-state index in [0.717, 1.165) is 32.9 Å². The van der Waals surface area contributed by atoms with Crippen molar-refractivity contribution in [2.45, 2.75) is 30.2 Å². The molecule has 0 spiro atoms. The van der Waals surface area contributed by atoms with Gasteiger partial charge in [-0.1, -0.05) is 42.0 Å². The fourth-order valence-corrected chi connectivity index (χ4v) is 6.16. The molecule has 0 saturated heterocycles. The summed E-state index contributed by atoms with van der Waals surface area (Å²) in [6, 6.07) is 7.56. The first-order chi connectivity index (χ1) is 14.9. The number of aromatic hydroxyl groups is 1. The predicted molar refractivity (Wildman–Crippen MR) is 119 cm³/mol. The molecule has 7 nitrogen and oxygen atoms in total. The van der Waals surface area contributed by atoms with Gasteiger partial charge in [-0.2, -0.15) is 0 Å². The van der Waals surface area contributed by atoms with Crippen LogP contribution in [-0.2, 0) is 0 Å². The van der Waals surface area contributed by atoms with Crippen LogP contribution < -0.4 is 16.6 Å². The predicted octanol–water partition coefficient (Wildman–Crippen LogP) is 2.62. The molecule has 0 fully saturated rings. The molecule has 0 saturated carbocycles. The van der Waals surface area contributed by atoms with Crippen LogP contribution in [0.15, 0.2) is 73.7 Å². The summed E-state index contributed by atoms with van der Waals surface area (Å²) in [7, 11) is 0. The summed E-state index contributed by atoms with van der Waals surface area (Å²) in [6.07, 6.45) is 2.76. The van der Waals surface area contributed by atoms with Crippen LogP contribution in [0.25, 0.3) is 0 Å². The van der Waals surface area contributed by atoms with E-state index in [2.05, 4.69) is 35.9 Å². The number of rotatable bonds is 1. The van der Waals surface area contributed by atoms with E-state index in [0.29, 0.717) is 6.42 Å². The van der Waals surface area contributed by atoms with E-state index in [1.165, 1.54) is 10.1 Å². The number of nitrogens with zero attached hydrogens (tertiary/aromatic N) is 1. The Bertz CT molecular complexity index is 1330. The molecule has 3 aliphatic rings. The van der Waals surface area contributed by atoms with Crippen molar-refractivity contribution < 1.29 is 9.90 Å². The molecule has 1 amide bonds. The van der Waals surface area contributed by atoms with E-state index in [1.54, 1.807) is 11.8 Å². The van der Waals surface area contributed by atoms with Gasteiger partial charge in [-0.15, -0.1) is 11.8 Å². The lowest BCUT2D eigenvalue weighted by atomic mass is 9.76. The second-order valence-electron chi connectivity index (χ2n) is 8.07. The third-order valence-electron chi connectivity index (χ3n) is 6.23. The lowest BCUT2D eigenvalue weighted by Crippen LogP contribution is -2.49. The van der Waals surface area contributed by atoms with Crippen molar-refractivity contribution in [1.29, 1.82) is 0 Å². The lowest BCUT2D eigenvalue weighted by molar-refractivity contribution is 0.0900. The molecule has 5 rings (SSSR count). The molecule has 0 radical (unpaired) electrons. The molecular formula is C23H21N3O4S. The summed E-state index contributed by atoms with van der Waals surface area (Å²) < 4.78 is 1.26. The molecule has 2 atom stereocenters. The SMILES string of the molecule is C=C1C=C(C)C2=C(C1)C(C1CNC(=O)c3c(O)c(=O)[nH]c(=O)n31)c1ccccc1SC2. The summed E-state index contributed by atoms with van der Waals surface area (Å²) in [5.41, 5.74) is 3.62. The minimum absolute atomic E-state index is 0.201. The van der Waals surface area contributed by atoms with Gasteiger partial charge in [0.25, 0.3) is 11.5 Å². The standard InChI is InChI=1S/C23H21N3O4S/c1-11-7-12(2)15-10-31-17-6-4-3-5-13(17)18(14(15)8-11)16-9-24-21(28)19-20(27)22(29)25-23(30)26(16)19/h3-7,16,18,27H,1,8-10H2,2H3,(H,24,28)(H,25,29,30). The molecule has 3 heterocycles. The van der Waals surface area contributed by atoms with Gasteiger partial charge in [0.1, 0.15) is 0 Å². The summed E-state index contributed by atoms with van der Waals surface area (Å²) in [5.74, 6) is -0.803. The normalized spacial score (nSPS) is 22.7. The number of carbonyl (C=O) groups is 1. The van der Waals surface area contributed by atoms with Gasteiger partial charge < -0.3 is 10.4 Å². The number of H-pyrrole nitrogens is 1. The highest BCUT2D eigenvalue weighted by Gasteiger charge is 2.40. The number of allylic oxidation sites excluding steroid dienone is 4. The zero-order valence-electron chi connectivity index (χ0n) is 16.9. The summed E-state index contributed by atoms with van der Waals surface area (Å²) in [5, 5.41) is 13.1. The van der Waals surface area contributed by atoms with E-state index in [4.69, 9.17) is 0 Å². The van der Waals surface area contributed by atoms with Crippen molar-refractivity contribution in [3.63, 3.8) is 0 Å². The average Bonchev–Trinajstić information content (AvgIpc) is 2.89. The number of carbonyl (C=O) groups excluding carboxylic acids is 1. The number of thioether (sulfide) groups is 1. The van der Waals surface area contributed by atoms with E-state index < -0.39 is 28.9 Å². The van der Waals surface area contributed by atoms with Gasteiger partial charge in [0.15, 0.2) is 5.69 Å². The summed E-state index contributed by atoms with van der Waals surface area (Å²) in [6.45, 7) is 6.45. The number of amides is 1. The van der Waals surface area contributed by atoms with Crippen LogP contribution >= 0.6 is 11.8 Å². The zero-order chi connectivity index (χ0) is 21.9. The monoisotopic (exact) mass is 435 g/mol. The number of hydrogen-bond donors (Lipinski definition) is 3. The molecular weight excluding hydrogens is 414 g/mol. The van der Waals surface area contributed by atoms with Crippen LogP contribution in [0, 0.1) is 0 Å². The van der Waals surface area contributed by atoms with Crippen LogP contribution in [0.5, 0.6) is 5.75 Å². The van der Waals surface area contributed by atoms with Crippen LogP contribution in [0.4, 0.5) is 0 Å². The third-order valence-corrected chi connectivity index (χ3v) is 7.34. The van der Waals surface area contributed by atoms with Crippen molar-refractivity contribution in [2.75, 3.05) is 12.3 Å². The van der Waals surface area contributed by atoms with E-state index in [9.17, 15) is 19.5 Å². The number of aromatic amines is 1. The molecule has 1 aromatic carbocycles. The summed E-state index contributed by atoms with van der Waals surface area (Å²) >= 11 is 1.75. The fourth-order valence-electron chi connectivity index (χ4n) is 4.91. The van der Waals surface area contributed by atoms with E-state index in [1.807, 2.05) is 18.2 Å². The van der Waals surface area contributed by atoms with Gasteiger partial charge in [-0.3, -0.25) is 19.1 Å². The number of nitrogens with one attached hydrogen (secondary N) is 2. The molecule has 2 unspecified atom stereocenters. The maximum Gasteiger partial charge on any atom is 0.329 e. The molecule has 0 bridgehead atoms. The molecule has 1 aromatic heterocycles. The van der Waals surface area contributed by atoms with Gasteiger partial charge in [0.05, 0.1) is 6.04 Å². The topological polar surface area (TPSA) is 104 Å². The highest BCUT2D eigenvalue weighted by Crippen LogP contribution is 2.49. The van der Waals surface area contributed by atoms with Crippen LogP contribution in [-0.4, -0.2) is 32.9 Å². The molecule has 2 aromatic rings. The van der Waals surface area contributed by atoms with Crippen molar-refractivity contribution >= 4 is 17.7 Å². The minimum Gasteiger partial charge on any atom is -0.501 e. The second-order valence-corrected chi connectivity index (χ2v) is 9.09. The first-order valence-electron chi connectivity index (χ1n) is 10.0. The van der Waals surface area contributed by atoms with Crippen LogP contribution in [0.3, 0.4) is 0 Å². The Morgan fingerprint density at radius 2 is 2.00 bits per heavy atom. The van der Waals surface area contributed by atoms with Crippen LogP contribution in [0.1, 0.15) is 41.4 Å². The maximum absolute atomic E-state index is 12.9. The van der Waals surface area contributed by atoms with Crippen molar-refractivity contribution in [1.82, 2.24) is 14.9 Å². The quantitative estimate of drug-likeness (QED) is 0.639. The molecule has 3 N–H and O–H groups in total. The third kappa shape index (κ3) is 3.01. The zero-order valence-corrected chi connectivity index (χ0v) is 17.7. The molecule has 8 heteroatoms. The van der Waals surface area contributed by atoms with Crippen molar-refractivity contribution in [3.8, 4) is 5.75 Å². The molecule has 158 valence electrons. The smallest absolute Gasteiger partial charge is 0.329 e. The fraction of sp³-hybridized carbons (Fsp3) is 0.261. The van der Waals surface area contributed by atoms with Gasteiger partial charge in [-0.25, -0.2) is 4.79 Å². The van der Waals surface area contributed by atoms with Crippen molar-refractivity contribution in [3.05, 3.63) is 91.3 Å². The molecule has 1 aliphatic carbocycles. The second kappa shape index (κ2) is 7.16. The van der Waals surface area contributed by atoms with Crippen LogP contribution in [0.2, 0.25) is 0 Å². The minimum atomic E-state index is -0.964. The number of aromatic nitrogens is 2. The lowest BCUT2D eigenvalue weighted by Gasteiger charge is -2.37. The number of benzene rings is 1. The highest BCUT2D eigenvalue weighted by atomic mass is 32.2. The Hall–Kier alpha value is -3.26. The first kappa shape index (κ1) is 19.7. The van der Waals surface area contributed by atoms with Gasteiger partial charge in [0, 0.05) is 23.1 Å². The Labute approximate surface area is 182 Å². The van der Waals surface area contributed by atoms with Gasteiger partial charge in [-0.05, 0) is 36.1 Å². The van der Waals surface area contributed by atoms with Gasteiger partial charge in [0.2, 0.25) is 5.75 Å². The molecule has 31 heavy (non-hydrogen) atoms. The Balaban J connectivity index is 1.81. The van der Waals surface area contributed by atoms with E-state index in [-0.39, 0.29) is 18.2 Å². The Morgan fingerprint density at radius 1 is 1.23 bits per heavy atom. The van der Waals surface area contributed by atoms with Gasteiger partial charge >= 0.3 is 5.69 Å². The van der Waals surface area contributed by atoms with E-state index >= 15 is 0 Å². The Morgan fingerprint density at radius 3 is 2.81 bits per heavy atom. The number of fused-ring (bicyclic) bond motifs is 2. The highest BCUT2D eigenvalue weighted by molar-refractivity contribution is 7.99. The number of hydrogen-bond acceptors (Lipinski definition) is 5. The van der Waals surface area contributed by atoms with Crippen molar-refractivity contribution in [2.24, 2.45) is 0 Å². The summed E-state index contributed by atoms with van der Waals surface area (Å²) in [4.78, 5) is 40.7. The Kier molecular flexibility index (Phi) is 4.55. The largest absolute Gasteiger partial charge is 0.501 e. The maximum atomic E-state index is 12.9.